The van der Waals surface area contributed by atoms with Crippen molar-refractivity contribution in [1.82, 2.24) is 0 Å². The van der Waals surface area contributed by atoms with Crippen LogP contribution in [0.25, 0.3) is 0 Å². The molecule has 33 heavy (non-hydrogen) atoms. The summed E-state index contributed by atoms with van der Waals surface area (Å²) < 4.78 is 5.30. The van der Waals surface area contributed by atoms with E-state index in [4.69, 9.17) is 4.74 Å². The van der Waals surface area contributed by atoms with Gasteiger partial charge >= 0.3 is 5.97 Å². The van der Waals surface area contributed by atoms with Crippen LogP contribution in [0.2, 0.25) is 0 Å². The topological polar surface area (TPSA) is 43.4 Å². The van der Waals surface area contributed by atoms with Crippen LogP contribution in [0.5, 0.6) is 0 Å². The highest BCUT2D eigenvalue weighted by Gasteiger charge is 2.04. The highest BCUT2D eigenvalue weighted by Crippen LogP contribution is 2.14. The van der Waals surface area contributed by atoms with Gasteiger partial charge in [0.05, 0.1) is 6.61 Å². The van der Waals surface area contributed by atoms with Crippen molar-refractivity contribution in [1.29, 1.82) is 0 Å². The van der Waals surface area contributed by atoms with Gasteiger partial charge in [-0.25, -0.2) is 0 Å². The second-order valence-electron chi connectivity index (χ2n) is 10.1. The van der Waals surface area contributed by atoms with Crippen molar-refractivity contribution in [3.05, 3.63) is 0 Å². The minimum atomic E-state index is -0.0218. The molecule has 0 aliphatic carbocycles. The van der Waals surface area contributed by atoms with Crippen LogP contribution in [-0.2, 0) is 14.3 Å². The number of hydrogen-bond donors (Lipinski definition) is 0. The van der Waals surface area contributed by atoms with Gasteiger partial charge in [-0.05, 0) is 25.7 Å². The summed E-state index contributed by atoms with van der Waals surface area (Å²) in [5.41, 5.74) is 0. The molecule has 0 bridgehead atoms. The molecule has 0 saturated carbocycles. The molecule has 3 heteroatoms. The molecule has 0 atom stereocenters. The fourth-order valence-electron chi connectivity index (χ4n) is 4.37. The summed E-state index contributed by atoms with van der Waals surface area (Å²) in [5.74, 6) is 0.449. The van der Waals surface area contributed by atoms with Crippen LogP contribution in [0.4, 0.5) is 0 Å². The number of Topliss-reactive ketones (excluding diaryl/α,β-unsaturated/α-hetero) is 1. The Morgan fingerprint density at radius 3 is 1.18 bits per heavy atom. The van der Waals surface area contributed by atoms with E-state index in [-0.39, 0.29) is 5.97 Å². The molecule has 0 N–H and O–H groups in total. The Morgan fingerprint density at radius 1 is 0.424 bits per heavy atom. The lowest BCUT2D eigenvalue weighted by molar-refractivity contribution is -0.143. The molecule has 0 saturated heterocycles. The lowest BCUT2D eigenvalue weighted by Crippen LogP contribution is -2.05. The highest BCUT2D eigenvalue weighted by molar-refractivity contribution is 5.78. The van der Waals surface area contributed by atoms with Gasteiger partial charge in [0.15, 0.2) is 0 Å². The fraction of sp³-hybridized carbons (Fsp3) is 0.933. The van der Waals surface area contributed by atoms with Crippen LogP contribution in [0.3, 0.4) is 0 Å². The third kappa shape index (κ3) is 27.3. The molecular formula is C30H58O3. The number of unbranched alkanes of at least 4 members (excludes halogenated alkanes) is 19. The van der Waals surface area contributed by atoms with Gasteiger partial charge in [-0.2, -0.15) is 0 Å². The summed E-state index contributed by atoms with van der Waals surface area (Å²) in [7, 11) is 0. The Balaban J connectivity index is 3.24. The van der Waals surface area contributed by atoms with Crippen molar-refractivity contribution in [2.24, 2.45) is 0 Å². The number of hydrogen-bond acceptors (Lipinski definition) is 3. The van der Waals surface area contributed by atoms with Crippen molar-refractivity contribution >= 4 is 11.8 Å². The van der Waals surface area contributed by atoms with E-state index in [2.05, 4.69) is 13.8 Å². The summed E-state index contributed by atoms with van der Waals surface area (Å²) in [5, 5.41) is 0. The molecule has 0 aromatic carbocycles. The molecule has 0 aromatic rings. The number of rotatable bonds is 27. The van der Waals surface area contributed by atoms with Gasteiger partial charge in [-0.1, -0.05) is 129 Å². The first kappa shape index (κ1) is 32.1. The second-order valence-corrected chi connectivity index (χ2v) is 10.1. The molecule has 0 aliphatic heterocycles. The van der Waals surface area contributed by atoms with E-state index >= 15 is 0 Å². The zero-order valence-electron chi connectivity index (χ0n) is 22.6. The summed E-state index contributed by atoms with van der Waals surface area (Å²) in [4.78, 5) is 23.7. The van der Waals surface area contributed by atoms with E-state index in [0.717, 1.165) is 44.9 Å². The van der Waals surface area contributed by atoms with E-state index in [1.165, 1.54) is 109 Å². The van der Waals surface area contributed by atoms with Gasteiger partial charge in [0.25, 0.3) is 0 Å². The molecule has 0 spiro atoms. The van der Waals surface area contributed by atoms with Gasteiger partial charge in [-0.3, -0.25) is 9.59 Å². The van der Waals surface area contributed by atoms with Gasteiger partial charge in [0.1, 0.15) is 5.78 Å². The summed E-state index contributed by atoms with van der Waals surface area (Å²) >= 11 is 0. The smallest absolute Gasteiger partial charge is 0.305 e. The maximum absolute atomic E-state index is 12.0. The summed E-state index contributed by atoms with van der Waals surface area (Å²) in [6, 6.07) is 0. The molecule has 0 heterocycles. The molecule has 196 valence electrons. The predicted octanol–water partition coefficient (Wildman–Crippen LogP) is 9.89. The Labute approximate surface area is 207 Å². The third-order valence-electron chi connectivity index (χ3n) is 6.66. The Morgan fingerprint density at radius 2 is 0.758 bits per heavy atom. The maximum atomic E-state index is 12.0. The van der Waals surface area contributed by atoms with E-state index in [9.17, 15) is 9.59 Å². The van der Waals surface area contributed by atoms with Gasteiger partial charge in [0, 0.05) is 19.3 Å². The van der Waals surface area contributed by atoms with E-state index in [1.54, 1.807) is 0 Å². The van der Waals surface area contributed by atoms with E-state index in [0.29, 0.717) is 18.8 Å². The zero-order valence-corrected chi connectivity index (χ0v) is 22.6. The number of carbonyl (C=O) groups is 2. The largest absolute Gasteiger partial charge is 0.466 e. The SMILES string of the molecule is CCCCCCCCCCCCC(=O)CCCCCCCCCC(=O)OCCCCCCC. The molecule has 0 amide bonds. The number of esters is 1. The van der Waals surface area contributed by atoms with Gasteiger partial charge in [-0.15, -0.1) is 0 Å². The molecule has 3 nitrogen and oxygen atoms in total. The number of ketones is 1. The fourth-order valence-corrected chi connectivity index (χ4v) is 4.37. The van der Waals surface area contributed by atoms with Gasteiger partial charge in [0.2, 0.25) is 0 Å². The van der Waals surface area contributed by atoms with Crippen LogP contribution in [0.1, 0.15) is 174 Å². The average Bonchev–Trinajstić information content (AvgIpc) is 2.81. The number of carbonyl (C=O) groups excluding carboxylic acids is 2. The van der Waals surface area contributed by atoms with Crippen molar-refractivity contribution in [3.63, 3.8) is 0 Å². The molecular weight excluding hydrogens is 408 g/mol. The Bertz CT molecular complexity index is 419. The number of ether oxygens (including phenoxy) is 1. The molecule has 0 fully saturated rings. The third-order valence-corrected chi connectivity index (χ3v) is 6.66. The van der Waals surface area contributed by atoms with Crippen molar-refractivity contribution < 1.29 is 14.3 Å². The monoisotopic (exact) mass is 466 g/mol. The van der Waals surface area contributed by atoms with Crippen LogP contribution in [0, 0.1) is 0 Å². The van der Waals surface area contributed by atoms with Crippen LogP contribution >= 0.6 is 0 Å². The first-order valence-electron chi connectivity index (χ1n) is 14.9. The first-order valence-corrected chi connectivity index (χ1v) is 14.9. The predicted molar refractivity (Wildman–Crippen MR) is 143 cm³/mol. The molecule has 0 aliphatic rings. The molecule has 0 radical (unpaired) electrons. The Hall–Kier alpha value is -0.860. The molecule has 0 rings (SSSR count). The average molecular weight is 467 g/mol. The van der Waals surface area contributed by atoms with Crippen LogP contribution in [0.15, 0.2) is 0 Å². The summed E-state index contributed by atoms with van der Waals surface area (Å²) in [6.07, 6.45) is 29.3. The van der Waals surface area contributed by atoms with Crippen molar-refractivity contribution in [3.8, 4) is 0 Å². The first-order chi connectivity index (χ1) is 16.2. The lowest BCUT2D eigenvalue weighted by Gasteiger charge is -2.05. The zero-order chi connectivity index (χ0) is 24.2. The standard InChI is InChI=1S/C30H58O3/c1-3-5-7-9-10-11-12-14-17-21-25-29(31)26-22-18-15-13-16-19-23-27-30(32)33-28-24-20-8-6-4-2/h3-28H2,1-2H3. The second kappa shape index (κ2) is 27.4. The van der Waals surface area contributed by atoms with Crippen molar-refractivity contribution in [2.45, 2.75) is 174 Å². The highest BCUT2D eigenvalue weighted by atomic mass is 16.5. The normalized spacial score (nSPS) is 11.1. The minimum Gasteiger partial charge on any atom is -0.466 e. The quantitative estimate of drug-likeness (QED) is 0.0893. The van der Waals surface area contributed by atoms with Crippen LogP contribution < -0.4 is 0 Å². The Kier molecular flexibility index (Phi) is 26.7. The van der Waals surface area contributed by atoms with Gasteiger partial charge < -0.3 is 4.74 Å². The lowest BCUT2D eigenvalue weighted by atomic mass is 10.0. The molecule has 0 aromatic heterocycles. The molecule has 0 unspecified atom stereocenters. The van der Waals surface area contributed by atoms with E-state index in [1.807, 2.05) is 0 Å². The maximum Gasteiger partial charge on any atom is 0.305 e. The minimum absolute atomic E-state index is 0.0218. The van der Waals surface area contributed by atoms with Crippen LogP contribution in [-0.4, -0.2) is 18.4 Å². The summed E-state index contributed by atoms with van der Waals surface area (Å²) in [6.45, 7) is 5.07. The van der Waals surface area contributed by atoms with Crippen molar-refractivity contribution in [2.75, 3.05) is 6.61 Å². The van der Waals surface area contributed by atoms with E-state index < -0.39 is 0 Å².